The summed E-state index contributed by atoms with van der Waals surface area (Å²) in [6, 6.07) is 8.77. The first-order valence-corrected chi connectivity index (χ1v) is 6.48. The van der Waals surface area contributed by atoms with E-state index in [9.17, 15) is 4.79 Å². The zero-order valence-corrected chi connectivity index (χ0v) is 11.8. The molecule has 3 rings (SSSR count). The Bertz CT molecular complexity index is 686. The fourth-order valence-electron chi connectivity index (χ4n) is 2.10. The standard InChI is InChI=1S/C15H15N3O3/c1-18(2)14-11(4-3-7-16-14)15(19)17-10-5-6-12-13(8-10)21-9-20-12/h3-8H,9H2,1-2H3,(H,17,19). The van der Waals surface area contributed by atoms with Gasteiger partial charge < -0.3 is 19.7 Å². The maximum atomic E-state index is 12.4. The number of hydrogen-bond acceptors (Lipinski definition) is 5. The second kappa shape index (κ2) is 5.32. The number of carbonyl (C=O) groups is 1. The number of pyridine rings is 1. The first-order valence-electron chi connectivity index (χ1n) is 6.48. The van der Waals surface area contributed by atoms with E-state index in [2.05, 4.69) is 10.3 Å². The minimum atomic E-state index is -0.217. The summed E-state index contributed by atoms with van der Waals surface area (Å²) < 4.78 is 10.5. The molecule has 0 spiro atoms. The summed E-state index contributed by atoms with van der Waals surface area (Å²) >= 11 is 0. The van der Waals surface area contributed by atoms with Crippen molar-refractivity contribution in [2.75, 3.05) is 31.1 Å². The van der Waals surface area contributed by atoms with E-state index in [1.165, 1.54) is 0 Å². The van der Waals surface area contributed by atoms with Crippen LogP contribution in [0.5, 0.6) is 11.5 Å². The average molecular weight is 285 g/mol. The highest BCUT2D eigenvalue weighted by molar-refractivity contribution is 6.07. The number of aromatic nitrogens is 1. The molecular weight excluding hydrogens is 270 g/mol. The predicted molar refractivity (Wildman–Crippen MR) is 79.1 cm³/mol. The Balaban J connectivity index is 1.84. The van der Waals surface area contributed by atoms with Gasteiger partial charge in [-0.3, -0.25) is 4.79 Å². The third-order valence-electron chi connectivity index (χ3n) is 3.09. The lowest BCUT2D eigenvalue weighted by molar-refractivity contribution is 0.102. The highest BCUT2D eigenvalue weighted by Gasteiger charge is 2.17. The van der Waals surface area contributed by atoms with Crippen molar-refractivity contribution in [3.8, 4) is 11.5 Å². The molecule has 0 saturated heterocycles. The molecule has 0 saturated carbocycles. The number of ether oxygens (including phenoxy) is 2. The Hall–Kier alpha value is -2.76. The molecule has 1 aliphatic rings. The van der Waals surface area contributed by atoms with E-state index in [1.54, 1.807) is 41.4 Å². The fraction of sp³-hybridized carbons (Fsp3) is 0.200. The molecule has 1 amide bonds. The molecule has 6 nitrogen and oxygen atoms in total. The fourth-order valence-corrected chi connectivity index (χ4v) is 2.10. The largest absolute Gasteiger partial charge is 0.454 e. The maximum Gasteiger partial charge on any atom is 0.259 e. The lowest BCUT2D eigenvalue weighted by Crippen LogP contribution is -2.19. The second-order valence-corrected chi connectivity index (χ2v) is 4.79. The summed E-state index contributed by atoms with van der Waals surface area (Å²) in [5.74, 6) is 1.72. The number of fused-ring (bicyclic) bond motifs is 1. The topological polar surface area (TPSA) is 63.7 Å². The van der Waals surface area contributed by atoms with Crippen molar-refractivity contribution in [2.45, 2.75) is 0 Å². The van der Waals surface area contributed by atoms with Crippen molar-refractivity contribution >= 4 is 17.4 Å². The third kappa shape index (κ3) is 2.60. The van der Waals surface area contributed by atoms with Gasteiger partial charge in [-0.1, -0.05) is 0 Å². The zero-order chi connectivity index (χ0) is 14.8. The van der Waals surface area contributed by atoms with Gasteiger partial charge in [-0.2, -0.15) is 0 Å². The predicted octanol–water partition coefficient (Wildman–Crippen LogP) is 2.13. The van der Waals surface area contributed by atoms with Crippen molar-refractivity contribution in [3.63, 3.8) is 0 Å². The summed E-state index contributed by atoms with van der Waals surface area (Å²) in [5, 5.41) is 2.84. The summed E-state index contributed by atoms with van der Waals surface area (Å²) in [6.07, 6.45) is 1.66. The molecule has 1 aromatic carbocycles. The molecule has 1 N–H and O–H groups in total. The molecular formula is C15H15N3O3. The van der Waals surface area contributed by atoms with Crippen LogP contribution < -0.4 is 19.7 Å². The summed E-state index contributed by atoms with van der Waals surface area (Å²) in [6.45, 7) is 0.208. The van der Waals surface area contributed by atoms with Crippen LogP contribution in [-0.4, -0.2) is 31.8 Å². The Kier molecular flexibility index (Phi) is 3.35. The van der Waals surface area contributed by atoms with E-state index in [0.29, 0.717) is 28.6 Å². The minimum absolute atomic E-state index is 0.208. The molecule has 0 aliphatic carbocycles. The Morgan fingerprint density at radius 2 is 2.05 bits per heavy atom. The van der Waals surface area contributed by atoms with Crippen LogP contribution in [0.1, 0.15) is 10.4 Å². The number of anilines is 2. The van der Waals surface area contributed by atoms with Gasteiger partial charge in [0.2, 0.25) is 6.79 Å². The van der Waals surface area contributed by atoms with Crippen LogP contribution in [0.25, 0.3) is 0 Å². The molecule has 6 heteroatoms. The number of nitrogens with one attached hydrogen (secondary N) is 1. The van der Waals surface area contributed by atoms with Gasteiger partial charge in [0.25, 0.3) is 5.91 Å². The van der Waals surface area contributed by atoms with Crippen molar-refractivity contribution < 1.29 is 14.3 Å². The maximum absolute atomic E-state index is 12.4. The van der Waals surface area contributed by atoms with Gasteiger partial charge in [-0.25, -0.2) is 4.98 Å². The van der Waals surface area contributed by atoms with E-state index in [0.717, 1.165) is 0 Å². The van der Waals surface area contributed by atoms with Crippen molar-refractivity contribution in [3.05, 3.63) is 42.1 Å². The van der Waals surface area contributed by atoms with Gasteiger partial charge in [0.15, 0.2) is 11.5 Å². The SMILES string of the molecule is CN(C)c1ncccc1C(=O)Nc1ccc2c(c1)OCO2. The molecule has 2 heterocycles. The average Bonchev–Trinajstić information content (AvgIpc) is 2.94. The molecule has 0 atom stereocenters. The number of carbonyl (C=O) groups excluding carboxylic acids is 1. The van der Waals surface area contributed by atoms with Crippen LogP contribution in [0.4, 0.5) is 11.5 Å². The summed E-state index contributed by atoms with van der Waals surface area (Å²) in [7, 11) is 3.69. The van der Waals surface area contributed by atoms with Gasteiger partial charge in [0.05, 0.1) is 5.56 Å². The lowest BCUT2D eigenvalue weighted by Gasteiger charge is -2.15. The summed E-state index contributed by atoms with van der Waals surface area (Å²) in [5.41, 5.74) is 1.16. The number of amides is 1. The van der Waals surface area contributed by atoms with Gasteiger partial charge in [-0.15, -0.1) is 0 Å². The second-order valence-electron chi connectivity index (χ2n) is 4.79. The van der Waals surface area contributed by atoms with E-state index in [1.807, 2.05) is 14.1 Å². The number of rotatable bonds is 3. The zero-order valence-electron chi connectivity index (χ0n) is 11.8. The first kappa shape index (κ1) is 13.2. The third-order valence-corrected chi connectivity index (χ3v) is 3.09. The Morgan fingerprint density at radius 3 is 2.86 bits per heavy atom. The highest BCUT2D eigenvalue weighted by Crippen LogP contribution is 2.34. The van der Waals surface area contributed by atoms with Crippen LogP contribution in [0.3, 0.4) is 0 Å². The number of hydrogen-bond donors (Lipinski definition) is 1. The smallest absolute Gasteiger partial charge is 0.259 e. The van der Waals surface area contributed by atoms with E-state index in [4.69, 9.17) is 9.47 Å². The van der Waals surface area contributed by atoms with Gasteiger partial charge in [0.1, 0.15) is 5.82 Å². The van der Waals surface area contributed by atoms with Gasteiger partial charge in [0, 0.05) is 32.0 Å². The van der Waals surface area contributed by atoms with Crippen LogP contribution in [0, 0.1) is 0 Å². The van der Waals surface area contributed by atoms with Crippen LogP contribution in [0.2, 0.25) is 0 Å². The first-order chi connectivity index (χ1) is 10.1. The molecule has 0 radical (unpaired) electrons. The minimum Gasteiger partial charge on any atom is -0.454 e. The van der Waals surface area contributed by atoms with Crippen LogP contribution >= 0.6 is 0 Å². The summed E-state index contributed by atoms with van der Waals surface area (Å²) in [4.78, 5) is 18.4. The molecule has 0 bridgehead atoms. The Morgan fingerprint density at radius 1 is 1.24 bits per heavy atom. The van der Waals surface area contributed by atoms with Crippen molar-refractivity contribution in [2.24, 2.45) is 0 Å². The molecule has 21 heavy (non-hydrogen) atoms. The molecule has 0 fully saturated rings. The van der Waals surface area contributed by atoms with Gasteiger partial charge >= 0.3 is 0 Å². The lowest BCUT2D eigenvalue weighted by atomic mass is 10.2. The van der Waals surface area contributed by atoms with Gasteiger partial charge in [-0.05, 0) is 24.3 Å². The quantitative estimate of drug-likeness (QED) is 0.936. The van der Waals surface area contributed by atoms with Crippen molar-refractivity contribution in [1.82, 2.24) is 4.98 Å². The van der Waals surface area contributed by atoms with Crippen LogP contribution in [0.15, 0.2) is 36.5 Å². The molecule has 1 aliphatic heterocycles. The normalized spacial score (nSPS) is 12.1. The van der Waals surface area contributed by atoms with Crippen LogP contribution in [-0.2, 0) is 0 Å². The highest BCUT2D eigenvalue weighted by atomic mass is 16.7. The van der Waals surface area contributed by atoms with E-state index < -0.39 is 0 Å². The molecule has 0 unspecified atom stereocenters. The number of nitrogens with zero attached hydrogens (tertiary/aromatic N) is 2. The molecule has 1 aromatic heterocycles. The van der Waals surface area contributed by atoms with Crippen molar-refractivity contribution in [1.29, 1.82) is 0 Å². The molecule has 108 valence electrons. The van der Waals surface area contributed by atoms with E-state index in [-0.39, 0.29) is 12.7 Å². The number of benzene rings is 1. The molecule has 2 aromatic rings. The monoisotopic (exact) mass is 285 g/mol. The Labute approximate surface area is 122 Å². The van der Waals surface area contributed by atoms with E-state index >= 15 is 0 Å².